The van der Waals surface area contributed by atoms with Crippen LogP contribution in [0.25, 0.3) is 10.6 Å². The summed E-state index contributed by atoms with van der Waals surface area (Å²) in [6.07, 6.45) is 1.75. The average Bonchev–Trinajstić information content (AvgIpc) is 3.08. The van der Waals surface area contributed by atoms with Crippen LogP contribution in [0.3, 0.4) is 0 Å². The second-order valence-corrected chi connectivity index (χ2v) is 4.83. The zero-order valence-corrected chi connectivity index (χ0v) is 10.8. The molecule has 3 heterocycles. The number of hydrogen-bond donors (Lipinski definition) is 1. The highest BCUT2D eigenvalue weighted by molar-refractivity contribution is 7.13. The number of carbonyl (C=O) groups excluding carboxylic acids is 1. The number of carbonyl (C=O) groups is 1. The van der Waals surface area contributed by atoms with Crippen LogP contribution in [-0.4, -0.2) is 20.8 Å². The Morgan fingerprint density at radius 3 is 3.05 bits per heavy atom. The predicted octanol–water partition coefficient (Wildman–Crippen LogP) is 2.39. The molecule has 0 aliphatic carbocycles. The Balaban J connectivity index is 1.77. The lowest BCUT2D eigenvalue weighted by molar-refractivity contribution is 0.101. The third kappa shape index (κ3) is 2.41. The van der Waals surface area contributed by atoms with Crippen molar-refractivity contribution in [2.45, 2.75) is 0 Å². The fourth-order valence-corrected chi connectivity index (χ4v) is 2.25. The number of anilines is 1. The minimum atomic E-state index is -0.342. The molecule has 0 atom stereocenters. The zero-order valence-electron chi connectivity index (χ0n) is 10.0. The Bertz CT molecular complexity index is 699. The molecule has 0 aromatic carbocycles. The SMILES string of the molecule is Cn1ccc(NC(=O)c2cc(-c3cccs3)on2)n1. The number of amides is 1. The molecule has 3 aromatic rings. The van der Waals surface area contributed by atoms with E-state index in [2.05, 4.69) is 15.6 Å². The van der Waals surface area contributed by atoms with E-state index in [1.165, 1.54) is 11.3 Å². The lowest BCUT2D eigenvalue weighted by atomic mass is 10.3. The summed E-state index contributed by atoms with van der Waals surface area (Å²) in [5.74, 6) is 0.722. The van der Waals surface area contributed by atoms with Crippen molar-refractivity contribution < 1.29 is 9.32 Å². The van der Waals surface area contributed by atoms with Crippen LogP contribution in [0, 0.1) is 0 Å². The van der Waals surface area contributed by atoms with Gasteiger partial charge in [-0.25, -0.2) is 0 Å². The van der Waals surface area contributed by atoms with Gasteiger partial charge in [-0.3, -0.25) is 9.48 Å². The van der Waals surface area contributed by atoms with Crippen LogP contribution in [0.4, 0.5) is 5.82 Å². The molecule has 0 aliphatic rings. The van der Waals surface area contributed by atoms with Gasteiger partial charge in [0.25, 0.3) is 5.91 Å². The number of hydrogen-bond acceptors (Lipinski definition) is 5. The maximum atomic E-state index is 11.9. The monoisotopic (exact) mass is 274 g/mol. The van der Waals surface area contributed by atoms with E-state index in [0.29, 0.717) is 11.6 Å². The van der Waals surface area contributed by atoms with Gasteiger partial charge in [-0.1, -0.05) is 11.2 Å². The van der Waals surface area contributed by atoms with Gasteiger partial charge in [0.05, 0.1) is 4.88 Å². The molecule has 96 valence electrons. The number of nitrogens with one attached hydrogen (secondary N) is 1. The number of aromatic nitrogens is 3. The molecule has 19 heavy (non-hydrogen) atoms. The largest absolute Gasteiger partial charge is 0.355 e. The fraction of sp³-hybridized carbons (Fsp3) is 0.0833. The van der Waals surface area contributed by atoms with Gasteiger partial charge in [-0.05, 0) is 11.4 Å². The Hall–Kier alpha value is -2.41. The van der Waals surface area contributed by atoms with E-state index in [1.54, 1.807) is 30.1 Å². The van der Waals surface area contributed by atoms with Crippen LogP contribution in [0.5, 0.6) is 0 Å². The summed E-state index contributed by atoms with van der Waals surface area (Å²) in [5, 5.41) is 12.4. The first-order valence-corrected chi connectivity index (χ1v) is 6.42. The second-order valence-electron chi connectivity index (χ2n) is 3.88. The molecule has 6 nitrogen and oxygen atoms in total. The normalized spacial score (nSPS) is 10.6. The third-order valence-corrected chi connectivity index (χ3v) is 3.35. The van der Waals surface area contributed by atoms with Crippen molar-refractivity contribution >= 4 is 23.1 Å². The Kier molecular flexibility index (Phi) is 2.88. The molecule has 0 radical (unpaired) electrons. The van der Waals surface area contributed by atoms with Crippen LogP contribution in [0.1, 0.15) is 10.5 Å². The van der Waals surface area contributed by atoms with Gasteiger partial charge in [0.1, 0.15) is 0 Å². The van der Waals surface area contributed by atoms with E-state index in [4.69, 9.17) is 4.52 Å². The van der Waals surface area contributed by atoms with Gasteiger partial charge in [0.2, 0.25) is 0 Å². The van der Waals surface area contributed by atoms with Crippen molar-refractivity contribution in [1.82, 2.24) is 14.9 Å². The van der Waals surface area contributed by atoms with Gasteiger partial charge >= 0.3 is 0 Å². The zero-order chi connectivity index (χ0) is 13.2. The van der Waals surface area contributed by atoms with Crippen LogP contribution in [0.15, 0.2) is 40.4 Å². The van der Waals surface area contributed by atoms with Crippen LogP contribution in [-0.2, 0) is 7.05 Å². The van der Waals surface area contributed by atoms with Gasteiger partial charge < -0.3 is 9.84 Å². The maximum Gasteiger partial charge on any atom is 0.279 e. The van der Waals surface area contributed by atoms with E-state index in [1.807, 2.05) is 17.5 Å². The Morgan fingerprint density at radius 1 is 1.47 bits per heavy atom. The maximum absolute atomic E-state index is 11.9. The molecule has 0 unspecified atom stereocenters. The Morgan fingerprint density at radius 2 is 2.37 bits per heavy atom. The third-order valence-electron chi connectivity index (χ3n) is 2.46. The summed E-state index contributed by atoms with van der Waals surface area (Å²) >= 11 is 1.53. The molecular weight excluding hydrogens is 264 g/mol. The van der Waals surface area contributed by atoms with Crippen molar-refractivity contribution in [3.63, 3.8) is 0 Å². The standard InChI is InChI=1S/C12H10N4O2S/c1-16-5-4-11(14-16)13-12(17)8-7-9(18-15-8)10-3-2-6-19-10/h2-7H,1H3,(H,13,14,17). The van der Waals surface area contributed by atoms with Crippen molar-refractivity contribution in [3.05, 3.63) is 41.5 Å². The predicted molar refractivity (Wildman–Crippen MR) is 71.0 cm³/mol. The first-order chi connectivity index (χ1) is 9.22. The summed E-state index contributed by atoms with van der Waals surface area (Å²) in [6, 6.07) is 7.14. The van der Waals surface area contributed by atoms with E-state index >= 15 is 0 Å². The topological polar surface area (TPSA) is 73.0 Å². The molecule has 0 bridgehead atoms. The highest BCUT2D eigenvalue weighted by atomic mass is 32.1. The summed E-state index contributed by atoms with van der Waals surface area (Å²) in [7, 11) is 1.78. The summed E-state index contributed by atoms with van der Waals surface area (Å²) < 4.78 is 6.75. The minimum absolute atomic E-state index is 0.231. The molecule has 0 aliphatic heterocycles. The molecule has 0 spiro atoms. The summed E-state index contributed by atoms with van der Waals surface area (Å²) in [4.78, 5) is 12.9. The Labute approximate surface area is 112 Å². The molecular formula is C12H10N4O2S. The lowest BCUT2D eigenvalue weighted by Crippen LogP contribution is -2.12. The van der Waals surface area contributed by atoms with Crippen molar-refractivity contribution in [1.29, 1.82) is 0 Å². The van der Waals surface area contributed by atoms with Crippen molar-refractivity contribution in [2.75, 3.05) is 5.32 Å². The fourth-order valence-electron chi connectivity index (χ4n) is 1.58. The average molecular weight is 274 g/mol. The number of aryl methyl sites for hydroxylation is 1. The number of nitrogens with zero attached hydrogens (tertiary/aromatic N) is 3. The van der Waals surface area contributed by atoms with Crippen molar-refractivity contribution in [3.8, 4) is 10.6 Å². The minimum Gasteiger partial charge on any atom is -0.355 e. The van der Waals surface area contributed by atoms with Crippen LogP contribution >= 0.6 is 11.3 Å². The van der Waals surface area contributed by atoms with Gasteiger partial charge in [-0.15, -0.1) is 11.3 Å². The number of thiophene rings is 1. The highest BCUT2D eigenvalue weighted by Crippen LogP contribution is 2.25. The smallest absolute Gasteiger partial charge is 0.279 e. The molecule has 7 heteroatoms. The second kappa shape index (κ2) is 4.69. The van der Waals surface area contributed by atoms with E-state index in [9.17, 15) is 4.79 Å². The molecule has 0 saturated heterocycles. The van der Waals surface area contributed by atoms with Crippen molar-refractivity contribution in [2.24, 2.45) is 7.05 Å². The first kappa shape index (κ1) is 11.7. The van der Waals surface area contributed by atoms with Crippen LogP contribution < -0.4 is 5.32 Å². The van der Waals surface area contributed by atoms with E-state index in [0.717, 1.165) is 4.88 Å². The van der Waals surface area contributed by atoms with Gasteiger partial charge in [0, 0.05) is 25.4 Å². The van der Waals surface area contributed by atoms with Crippen LogP contribution in [0.2, 0.25) is 0 Å². The molecule has 1 amide bonds. The molecule has 0 saturated carbocycles. The summed E-state index contributed by atoms with van der Waals surface area (Å²) in [5.41, 5.74) is 0.231. The van der Waals surface area contributed by atoms with Gasteiger partial charge in [0.15, 0.2) is 17.3 Å². The quantitative estimate of drug-likeness (QED) is 0.796. The first-order valence-electron chi connectivity index (χ1n) is 5.54. The lowest BCUT2D eigenvalue weighted by Gasteiger charge is -1.96. The molecule has 1 N–H and O–H groups in total. The molecule has 0 fully saturated rings. The highest BCUT2D eigenvalue weighted by Gasteiger charge is 2.15. The summed E-state index contributed by atoms with van der Waals surface area (Å²) in [6.45, 7) is 0. The van der Waals surface area contributed by atoms with E-state index < -0.39 is 0 Å². The molecule has 3 aromatic heterocycles. The number of rotatable bonds is 3. The van der Waals surface area contributed by atoms with E-state index in [-0.39, 0.29) is 11.6 Å². The van der Waals surface area contributed by atoms with Gasteiger partial charge in [-0.2, -0.15) is 5.10 Å². The molecule has 3 rings (SSSR count).